The van der Waals surface area contributed by atoms with Crippen LogP contribution < -0.4 is 4.74 Å². The molecule has 1 N–H and O–H groups in total. The van der Waals surface area contributed by atoms with E-state index in [0.29, 0.717) is 18.8 Å². The number of unbranched alkanes of at least 4 members (excludes halogenated alkanes) is 1. The first-order valence-electron chi connectivity index (χ1n) is 6.26. The Balaban J connectivity index is 2.95. The molecular formula is C15H20O3. The minimum absolute atomic E-state index is 0.386. The molecule has 0 bridgehead atoms. The molecule has 98 valence electrons. The molecule has 3 heteroatoms. The van der Waals surface area contributed by atoms with Crippen LogP contribution in [-0.2, 0) is 4.79 Å². The molecule has 1 unspecified atom stereocenters. The molecule has 0 aliphatic carbocycles. The molecule has 3 nitrogen and oxygen atoms in total. The largest absolute Gasteiger partial charge is 0.489 e. The number of hydrogen-bond donors (Lipinski definition) is 1. The minimum atomic E-state index is -0.793. The zero-order valence-electron chi connectivity index (χ0n) is 10.8. The van der Waals surface area contributed by atoms with Gasteiger partial charge in [-0.2, -0.15) is 0 Å². The first-order chi connectivity index (χ1) is 8.70. The lowest BCUT2D eigenvalue weighted by Gasteiger charge is -2.16. The van der Waals surface area contributed by atoms with Crippen molar-refractivity contribution in [2.45, 2.75) is 32.1 Å². The van der Waals surface area contributed by atoms with E-state index in [2.05, 4.69) is 13.5 Å². The van der Waals surface area contributed by atoms with Crippen LogP contribution in [0.4, 0.5) is 0 Å². The van der Waals surface area contributed by atoms with Crippen LogP contribution in [0.5, 0.6) is 5.75 Å². The maximum atomic E-state index is 11.4. The number of carboxylic acid groups (broad SMARTS) is 1. The Labute approximate surface area is 108 Å². The number of carboxylic acids is 1. The summed E-state index contributed by atoms with van der Waals surface area (Å²) in [5.41, 5.74) is 0.750. The quantitative estimate of drug-likeness (QED) is 0.715. The monoisotopic (exact) mass is 248 g/mol. The van der Waals surface area contributed by atoms with Gasteiger partial charge >= 0.3 is 5.97 Å². The van der Waals surface area contributed by atoms with Crippen molar-refractivity contribution in [3.63, 3.8) is 0 Å². The lowest BCUT2D eigenvalue weighted by Crippen LogP contribution is -2.13. The second-order valence-electron chi connectivity index (χ2n) is 4.17. The highest BCUT2D eigenvalue weighted by molar-refractivity contribution is 5.77. The Hall–Kier alpha value is -1.77. The van der Waals surface area contributed by atoms with Crippen LogP contribution in [0.1, 0.15) is 37.7 Å². The van der Waals surface area contributed by atoms with E-state index >= 15 is 0 Å². The van der Waals surface area contributed by atoms with Gasteiger partial charge in [-0.1, -0.05) is 50.6 Å². The van der Waals surface area contributed by atoms with Crippen LogP contribution in [0.3, 0.4) is 0 Å². The molecule has 0 spiro atoms. The predicted molar refractivity (Wildman–Crippen MR) is 72.0 cm³/mol. The summed E-state index contributed by atoms with van der Waals surface area (Å²) in [5, 5.41) is 9.33. The summed E-state index contributed by atoms with van der Waals surface area (Å²) in [6, 6.07) is 7.33. The molecule has 0 aromatic heterocycles. The number of benzene rings is 1. The number of aliphatic carboxylic acids is 1. The van der Waals surface area contributed by atoms with Gasteiger partial charge in [0.05, 0.1) is 5.92 Å². The Morgan fingerprint density at radius 3 is 2.83 bits per heavy atom. The van der Waals surface area contributed by atoms with E-state index in [4.69, 9.17) is 4.74 Å². The number of rotatable bonds is 8. The van der Waals surface area contributed by atoms with Crippen LogP contribution in [0.15, 0.2) is 36.9 Å². The molecule has 18 heavy (non-hydrogen) atoms. The Kier molecular flexibility index (Phi) is 5.98. The second kappa shape index (κ2) is 7.54. The predicted octanol–water partition coefficient (Wildman–Crippen LogP) is 3.61. The summed E-state index contributed by atoms with van der Waals surface area (Å²) in [5.74, 6) is -0.648. The summed E-state index contributed by atoms with van der Waals surface area (Å²) in [6.07, 6.45) is 4.17. The minimum Gasteiger partial charge on any atom is -0.489 e. The Morgan fingerprint density at radius 1 is 1.50 bits per heavy atom. The Bertz CT molecular complexity index is 398. The number of ether oxygens (including phenoxy) is 1. The van der Waals surface area contributed by atoms with Gasteiger partial charge in [0.15, 0.2) is 0 Å². The molecule has 0 saturated carbocycles. The van der Waals surface area contributed by atoms with Gasteiger partial charge in [0, 0.05) is 5.56 Å². The van der Waals surface area contributed by atoms with E-state index < -0.39 is 11.9 Å². The van der Waals surface area contributed by atoms with Crippen molar-refractivity contribution >= 4 is 5.97 Å². The van der Waals surface area contributed by atoms with Crippen molar-refractivity contribution < 1.29 is 14.6 Å². The van der Waals surface area contributed by atoms with Crippen molar-refractivity contribution in [1.82, 2.24) is 0 Å². The van der Waals surface area contributed by atoms with E-state index in [0.717, 1.165) is 18.4 Å². The number of hydrogen-bond acceptors (Lipinski definition) is 2. The van der Waals surface area contributed by atoms with Gasteiger partial charge in [-0.05, 0) is 12.5 Å². The second-order valence-corrected chi connectivity index (χ2v) is 4.17. The first-order valence-corrected chi connectivity index (χ1v) is 6.26. The maximum Gasteiger partial charge on any atom is 0.311 e. The summed E-state index contributed by atoms with van der Waals surface area (Å²) in [4.78, 5) is 11.4. The molecule has 1 rings (SSSR count). The highest BCUT2D eigenvalue weighted by atomic mass is 16.5. The first kappa shape index (κ1) is 14.3. The average Bonchev–Trinajstić information content (AvgIpc) is 2.37. The highest BCUT2D eigenvalue weighted by Gasteiger charge is 2.22. The third-order valence-electron chi connectivity index (χ3n) is 2.80. The van der Waals surface area contributed by atoms with Gasteiger partial charge in [0.2, 0.25) is 0 Å². The molecule has 0 radical (unpaired) electrons. The lowest BCUT2D eigenvalue weighted by atomic mass is 9.93. The Morgan fingerprint density at radius 2 is 2.22 bits per heavy atom. The topological polar surface area (TPSA) is 46.5 Å². The van der Waals surface area contributed by atoms with Crippen molar-refractivity contribution in [1.29, 1.82) is 0 Å². The molecule has 0 saturated heterocycles. The fourth-order valence-electron chi connectivity index (χ4n) is 1.87. The molecule has 0 aliphatic rings. The SMILES string of the molecule is C=CCOc1ccccc1C(CCCC)C(=O)O. The van der Waals surface area contributed by atoms with Crippen molar-refractivity contribution in [3.05, 3.63) is 42.5 Å². The maximum absolute atomic E-state index is 11.4. The summed E-state index contributed by atoms with van der Waals surface area (Å²) in [7, 11) is 0. The molecule has 0 fully saturated rings. The van der Waals surface area contributed by atoms with E-state index in [-0.39, 0.29) is 0 Å². The van der Waals surface area contributed by atoms with Crippen molar-refractivity contribution in [2.75, 3.05) is 6.61 Å². The van der Waals surface area contributed by atoms with Gasteiger partial charge in [-0.25, -0.2) is 0 Å². The summed E-state index contributed by atoms with van der Waals surface area (Å²) in [6.45, 7) is 6.03. The molecule has 0 heterocycles. The standard InChI is InChI=1S/C15H20O3/c1-3-5-8-13(15(16)17)12-9-6-7-10-14(12)18-11-4-2/h4,6-7,9-10,13H,2-3,5,8,11H2,1H3,(H,16,17). The normalized spacial score (nSPS) is 11.8. The van der Waals surface area contributed by atoms with Crippen LogP contribution in [0.2, 0.25) is 0 Å². The van der Waals surface area contributed by atoms with Gasteiger partial charge in [-0.3, -0.25) is 4.79 Å². The van der Waals surface area contributed by atoms with Crippen LogP contribution in [0.25, 0.3) is 0 Å². The van der Waals surface area contributed by atoms with Crippen LogP contribution in [-0.4, -0.2) is 17.7 Å². The highest BCUT2D eigenvalue weighted by Crippen LogP contribution is 2.30. The zero-order chi connectivity index (χ0) is 13.4. The number of carbonyl (C=O) groups is 1. The van der Waals surface area contributed by atoms with Crippen molar-refractivity contribution in [3.8, 4) is 5.75 Å². The van der Waals surface area contributed by atoms with Gasteiger partial charge < -0.3 is 9.84 Å². The molecule has 0 amide bonds. The van der Waals surface area contributed by atoms with E-state index in [1.807, 2.05) is 18.2 Å². The van der Waals surface area contributed by atoms with Gasteiger partial charge in [0.25, 0.3) is 0 Å². The van der Waals surface area contributed by atoms with E-state index in [1.165, 1.54) is 0 Å². The van der Waals surface area contributed by atoms with E-state index in [1.54, 1.807) is 12.1 Å². The smallest absolute Gasteiger partial charge is 0.311 e. The molecule has 1 atom stereocenters. The summed E-state index contributed by atoms with van der Waals surface area (Å²) >= 11 is 0. The zero-order valence-corrected chi connectivity index (χ0v) is 10.8. The van der Waals surface area contributed by atoms with Gasteiger partial charge in [0.1, 0.15) is 12.4 Å². The lowest BCUT2D eigenvalue weighted by molar-refractivity contribution is -0.139. The van der Waals surface area contributed by atoms with Crippen molar-refractivity contribution in [2.24, 2.45) is 0 Å². The molecule has 1 aromatic rings. The third kappa shape index (κ3) is 3.91. The number of para-hydroxylation sites is 1. The van der Waals surface area contributed by atoms with Crippen LogP contribution >= 0.6 is 0 Å². The van der Waals surface area contributed by atoms with Crippen LogP contribution in [0, 0.1) is 0 Å². The molecule has 1 aromatic carbocycles. The average molecular weight is 248 g/mol. The fourth-order valence-corrected chi connectivity index (χ4v) is 1.87. The van der Waals surface area contributed by atoms with E-state index in [9.17, 15) is 9.90 Å². The summed E-state index contributed by atoms with van der Waals surface area (Å²) < 4.78 is 5.52. The molecule has 0 aliphatic heterocycles. The van der Waals surface area contributed by atoms with Gasteiger partial charge in [-0.15, -0.1) is 0 Å². The third-order valence-corrected chi connectivity index (χ3v) is 2.80. The molecular weight excluding hydrogens is 228 g/mol. The fraction of sp³-hybridized carbons (Fsp3) is 0.400.